The molecule has 1 aromatic carbocycles. The molecule has 0 saturated heterocycles. The van der Waals surface area contributed by atoms with Gasteiger partial charge in [0, 0.05) is 5.56 Å². The summed E-state index contributed by atoms with van der Waals surface area (Å²) in [7, 11) is 0. The van der Waals surface area contributed by atoms with Crippen LogP contribution in [0.15, 0.2) is 29.8 Å². The molecular formula is C14H18O3. The Bertz CT molecular complexity index is 433. The van der Waals surface area contributed by atoms with Gasteiger partial charge in [0.1, 0.15) is 5.76 Å². The molecule has 0 spiro atoms. The molecule has 17 heavy (non-hydrogen) atoms. The molecule has 0 heterocycles. The Hall–Kier alpha value is -1.77. The first kappa shape index (κ1) is 13.3. The van der Waals surface area contributed by atoms with Gasteiger partial charge in [-0.05, 0) is 25.3 Å². The molecule has 3 heteroatoms. The van der Waals surface area contributed by atoms with E-state index in [1.54, 1.807) is 12.1 Å². The second-order valence-electron chi connectivity index (χ2n) is 4.04. The average molecular weight is 234 g/mol. The number of carboxylic acids is 1. The monoisotopic (exact) mass is 234 g/mol. The first-order valence-corrected chi connectivity index (χ1v) is 5.79. The topological polar surface area (TPSA) is 57.5 Å². The van der Waals surface area contributed by atoms with Gasteiger partial charge in [-0.3, -0.25) is 0 Å². The highest BCUT2D eigenvalue weighted by atomic mass is 16.4. The fourth-order valence-corrected chi connectivity index (χ4v) is 1.64. The SMILES string of the molecule is CCCCc1ccccc1C(O)=C(C)C(=O)O. The van der Waals surface area contributed by atoms with Crippen LogP contribution in [-0.2, 0) is 11.2 Å². The molecule has 0 radical (unpaired) electrons. The molecule has 0 saturated carbocycles. The number of carboxylic acid groups (broad SMARTS) is 1. The lowest BCUT2D eigenvalue weighted by molar-refractivity contribution is -0.132. The second-order valence-corrected chi connectivity index (χ2v) is 4.04. The summed E-state index contributed by atoms with van der Waals surface area (Å²) in [5.41, 5.74) is 1.60. The first-order chi connectivity index (χ1) is 8.07. The Kier molecular flexibility index (Phi) is 4.76. The van der Waals surface area contributed by atoms with Gasteiger partial charge in [0.05, 0.1) is 5.57 Å². The lowest BCUT2D eigenvalue weighted by atomic mass is 9.99. The van der Waals surface area contributed by atoms with Gasteiger partial charge in [-0.2, -0.15) is 0 Å². The summed E-state index contributed by atoms with van der Waals surface area (Å²) in [6.45, 7) is 3.51. The zero-order valence-electron chi connectivity index (χ0n) is 10.2. The van der Waals surface area contributed by atoms with Crippen LogP contribution in [0.1, 0.15) is 37.8 Å². The summed E-state index contributed by atoms with van der Waals surface area (Å²) in [5.74, 6) is -1.23. The van der Waals surface area contributed by atoms with E-state index in [0.29, 0.717) is 5.56 Å². The van der Waals surface area contributed by atoms with E-state index in [2.05, 4.69) is 6.92 Å². The van der Waals surface area contributed by atoms with Crippen LogP contribution >= 0.6 is 0 Å². The predicted octanol–water partition coefficient (Wildman–Crippen LogP) is 3.40. The number of hydrogen-bond donors (Lipinski definition) is 2. The Morgan fingerprint density at radius 1 is 1.24 bits per heavy atom. The highest BCUT2D eigenvalue weighted by molar-refractivity contribution is 5.94. The van der Waals surface area contributed by atoms with E-state index < -0.39 is 5.97 Å². The van der Waals surface area contributed by atoms with Crippen molar-refractivity contribution >= 4 is 11.7 Å². The molecule has 0 aliphatic heterocycles. The quantitative estimate of drug-likeness (QED) is 0.606. The minimum absolute atomic E-state index is 0.0195. The average Bonchev–Trinajstić information content (AvgIpc) is 2.34. The van der Waals surface area contributed by atoms with Crippen molar-refractivity contribution in [3.05, 3.63) is 41.0 Å². The second kappa shape index (κ2) is 6.09. The molecule has 1 rings (SSSR count). The van der Waals surface area contributed by atoms with E-state index in [4.69, 9.17) is 5.11 Å². The van der Waals surface area contributed by atoms with Crippen LogP contribution in [0, 0.1) is 0 Å². The van der Waals surface area contributed by atoms with Crippen LogP contribution in [-0.4, -0.2) is 16.2 Å². The molecule has 0 amide bonds. The number of aliphatic hydroxyl groups is 1. The van der Waals surface area contributed by atoms with Crippen molar-refractivity contribution in [2.45, 2.75) is 33.1 Å². The van der Waals surface area contributed by atoms with Gasteiger partial charge >= 0.3 is 5.97 Å². The van der Waals surface area contributed by atoms with Crippen LogP contribution in [0.25, 0.3) is 5.76 Å². The third-order valence-electron chi connectivity index (χ3n) is 2.75. The van der Waals surface area contributed by atoms with Crippen molar-refractivity contribution in [2.75, 3.05) is 0 Å². The van der Waals surface area contributed by atoms with E-state index >= 15 is 0 Å². The summed E-state index contributed by atoms with van der Waals surface area (Å²) < 4.78 is 0. The molecule has 0 unspecified atom stereocenters. The van der Waals surface area contributed by atoms with Crippen LogP contribution in [0.4, 0.5) is 0 Å². The number of aryl methyl sites for hydroxylation is 1. The molecule has 0 bridgehead atoms. The first-order valence-electron chi connectivity index (χ1n) is 5.79. The van der Waals surface area contributed by atoms with E-state index in [1.165, 1.54) is 6.92 Å². The molecular weight excluding hydrogens is 216 g/mol. The maximum atomic E-state index is 10.8. The fraction of sp³-hybridized carbons (Fsp3) is 0.357. The van der Waals surface area contributed by atoms with Crippen LogP contribution in [0.5, 0.6) is 0 Å². The predicted molar refractivity (Wildman–Crippen MR) is 67.9 cm³/mol. The maximum absolute atomic E-state index is 10.8. The molecule has 0 aromatic heterocycles. The summed E-state index contributed by atoms with van der Waals surface area (Å²) in [5, 5.41) is 18.8. The van der Waals surface area contributed by atoms with Crippen molar-refractivity contribution < 1.29 is 15.0 Å². The summed E-state index contributed by atoms with van der Waals surface area (Å²) in [6, 6.07) is 7.39. The molecule has 0 atom stereocenters. The highest BCUT2D eigenvalue weighted by Crippen LogP contribution is 2.21. The Morgan fingerprint density at radius 2 is 1.88 bits per heavy atom. The summed E-state index contributed by atoms with van der Waals surface area (Å²) >= 11 is 0. The van der Waals surface area contributed by atoms with E-state index in [0.717, 1.165) is 24.8 Å². The van der Waals surface area contributed by atoms with Crippen LogP contribution < -0.4 is 0 Å². The zero-order valence-corrected chi connectivity index (χ0v) is 10.2. The number of carbonyl (C=O) groups is 1. The summed E-state index contributed by atoms with van der Waals surface area (Å²) in [4.78, 5) is 10.8. The van der Waals surface area contributed by atoms with Gasteiger partial charge in [0.15, 0.2) is 0 Å². The summed E-state index contributed by atoms with van der Waals surface area (Å²) in [6.07, 6.45) is 2.94. The van der Waals surface area contributed by atoms with Gasteiger partial charge in [0.2, 0.25) is 0 Å². The third kappa shape index (κ3) is 3.34. The Labute approximate surface area is 101 Å². The van der Waals surface area contributed by atoms with E-state index in [9.17, 15) is 9.90 Å². The van der Waals surface area contributed by atoms with Crippen molar-refractivity contribution in [1.29, 1.82) is 0 Å². The van der Waals surface area contributed by atoms with Crippen molar-refractivity contribution in [2.24, 2.45) is 0 Å². The Balaban J connectivity index is 3.13. The number of aliphatic hydroxyl groups excluding tert-OH is 1. The Morgan fingerprint density at radius 3 is 2.47 bits per heavy atom. The van der Waals surface area contributed by atoms with Crippen LogP contribution in [0.3, 0.4) is 0 Å². The van der Waals surface area contributed by atoms with Gasteiger partial charge in [-0.1, -0.05) is 37.6 Å². The minimum atomic E-state index is -1.09. The largest absolute Gasteiger partial charge is 0.507 e. The number of hydrogen-bond acceptors (Lipinski definition) is 2. The van der Waals surface area contributed by atoms with Crippen molar-refractivity contribution in [3.63, 3.8) is 0 Å². The molecule has 2 N–H and O–H groups in total. The highest BCUT2D eigenvalue weighted by Gasteiger charge is 2.13. The lowest BCUT2D eigenvalue weighted by Crippen LogP contribution is -2.02. The minimum Gasteiger partial charge on any atom is -0.507 e. The van der Waals surface area contributed by atoms with Crippen molar-refractivity contribution in [1.82, 2.24) is 0 Å². The molecule has 0 fully saturated rings. The smallest absolute Gasteiger partial charge is 0.335 e. The van der Waals surface area contributed by atoms with E-state index in [1.807, 2.05) is 12.1 Å². The number of aliphatic carboxylic acids is 1. The van der Waals surface area contributed by atoms with Crippen LogP contribution in [0.2, 0.25) is 0 Å². The maximum Gasteiger partial charge on any atom is 0.335 e. The molecule has 0 aliphatic rings. The lowest BCUT2D eigenvalue weighted by Gasteiger charge is -2.09. The number of benzene rings is 1. The molecule has 0 aliphatic carbocycles. The normalized spacial score (nSPS) is 12.1. The molecule has 92 valence electrons. The standard InChI is InChI=1S/C14H18O3/c1-3-4-7-11-8-5-6-9-12(11)13(15)10(2)14(16)17/h5-6,8-9,15H,3-4,7H2,1-2H3,(H,16,17). The van der Waals surface area contributed by atoms with Gasteiger partial charge in [-0.25, -0.2) is 4.79 Å². The van der Waals surface area contributed by atoms with E-state index in [-0.39, 0.29) is 11.3 Å². The third-order valence-corrected chi connectivity index (χ3v) is 2.75. The van der Waals surface area contributed by atoms with Gasteiger partial charge in [-0.15, -0.1) is 0 Å². The zero-order chi connectivity index (χ0) is 12.8. The fourth-order valence-electron chi connectivity index (χ4n) is 1.64. The van der Waals surface area contributed by atoms with Gasteiger partial charge < -0.3 is 10.2 Å². The van der Waals surface area contributed by atoms with Gasteiger partial charge in [0.25, 0.3) is 0 Å². The number of unbranched alkanes of at least 4 members (excludes halogenated alkanes) is 1. The van der Waals surface area contributed by atoms with Crippen molar-refractivity contribution in [3.8, 4) is 0 Å². The molecule has 1 aromatic rings. The molecule has 3 nitrogen and oxygen atoms in total. The number of rotatable bonds is 5.